The minimum Gasteiger partial charge on any atom is -0.0716 e. The highest BCUT2D eigenvalue weighted by Crippen LogP contribution is 2.49. The zero-order valence-electron chi connectivity index (χ0n) is 10.5. The van der Waals surface area contributed by atoms with Crippen molar-refractivity contribution in [3.63, 3.8) is 0 Å². The standard InChI is InChI=1S/C19H12/c1-2-7-15-14(6-1)16-10-8-12-4-3-5-13-9-11-17(15)19(16)18(12)13/h1-8,10-11H,9H2. The zero-order chi connectivity index (χ0) is 12.4. The molecule has 0 unspecified atom stereocenters. The molecule has 0 radical (unpaired) electrons. The van der Waals surface area contributed by atoms with E-state index >= 15 is 0 Å². The molecule has 0 amide bonds. The van der Waals surface area contributed by atoms with Gasteiger partial charge < -0.3 is 0 Å². The maximum atomic E-state index is 2.40. The van der Waals surface area contributed by atoms with Crippen LogP contribution in [0.25, 0.3) is 27.5 Å². The molecule has 2 aliphatic rings. The average molecular weight is 240 g/mol. The molecule has 0 heteroatoms. The molecule has 0 N–H and O–H groups in total. The van der Waals surface area contributed by atoms with Gasteiger partial charge in [0.15, 0.2) is 0 Å². The molecule has 88 valence electrons. The fourth-order valence-electron chi connectivity index (χ4n) is 3.64. The van der Waals surface area contributed by atoms with E-state index in [1.165, 1.54) is 44.2 Å². The molecule has 0 nitrogen and oxygen atoms in total. The first-order chi connectivity index (χ1) is 9.43. The maximum absolute atomic E-state index is 2.40. The number of allylic oxidation sites excluding steroid dienone is 1. The van der Waals surface area contributed by atoms with E-state index in [2.05, 4.69) is 60.7 Å². The van der Waals surface area contributed by atoms with Crippen molar-refractivity contribution in [2.75, 3.05) is 0 Å². The van der Waals surface area contributed by atoms with Crippen molar-refractivity contribution < 1.29 is 0 Å². The van der Waals surface area contributed by atoms with Crippen LogP contribution in [0.2, 0.25) is 0 Å². The Morgan fingerprint density at radius 1 is 0.684 bits per heavy atom. The number of fused-ring (bicyclic) bond motifs is 3. The molecule has 5 rings (SSSR count). The lowest BCUT2D eigenvalue weighted by Gasteiger charge is -2.16. The van der Waals surface area contributed by atoms with Crippen LogP contribution >= 0.6 is 0 Å². The summed E-state index contributed by atoms with van der Waals surface area (Å²) in [5, 5.41) is 2.84. The predicted molar refractivity (Wildman–Crippen MR) is 80.2 cm³/mol. The van der Waals surface area contributed by atoms with Crippen LogP contribution in [-0.2, 0) is 6.42 Å². The Hall–Kier alpha value is -2.34. The van der Waals surface area contributed by atoms with Crippen molar-refractivity contribution in [1.29, 1.82) is 0 Å². The highest BCUT2D eigenvalue weighted by molar-refractivity contribution is 6.13. The van der Waals surface area contributed by atoms with Gasteiger partial charge in [-0.2, -0.15) is 0 Å². The lowest BCUT2D eigenvalue weighted by atomic mass is 9.87. The molecule has 0 saturated carbocycles. The topological polar surface area (TPSA) is 0 Å². The molecular weight excluding hydrogens is 228 g/mol. The van der Waals surface area contributed by atoms with Crippen molar-refractivity contribution in [2.45, 2.75) is 6.42 Å². The van der Waals surface area contributed by atoms with Gasteiger partial charge >= 0.3 is 0 Å². The third kappa shape index (κ3) is 1.05. The van der Waals surface area contributed by atoms with Gasteiger partial charge in [-0.3, -0.25) is 0 Å². The van der Waals surface area contributed by atoms with E-state index in [4.69, 9.17) is 0 Å². The first-order valence-corrected chi connectivity index (χ1v) is 6.78. The Morgan fingerprint density at radius 3 is 2.53 bits per heavy atom. The molecule has 0 spiro atoms. The summed E-state index contributed by atoms with van der Waals surface area (Å²) >= 11 is 0. The SMILES string of the molecule is C1=C2c3ccccc3-c3ccc4cccc(c4c32)C1. The number of rotatable bonds is 0. The van der Waals surface area contributed by atoms with Crippen molar-refractivity contribution >= 4 is 16.3 Å². The minimum absolute atomic E-state index is 1.05. The second-order valence-electron chi connectivity index (χ2n) is 5.37. The van der Waals surface area contributed by atoms with Crippen LogP contribution in [-0.4, -0.2) is 0 Å². The van der Waals surface area contributed by atoms with Gasteiger partial charge in [0.05, 0.1) is 0 Å². The third-order valence-corrected chi connectivity index (χ3v) is 4.43. The highest BCUT2D eigenvalue weighted by Gasteiger charge is 2.27. The van der Waals surface area contributed by atoms with Crippen LogP contribution in [0, 0.1) is 0 Å². The smallest absolute Gasteiger partial charge is 0.00206 e. The Labute approximate surface area is 112 Å². The molecular formula is C19H12. The predicted octanol–water partition coefficient (Wildman–Crippen LogP) is 4.81. The maximum Gasteiger partial charge on any atom is -0.00206 e. The number of hydrogen-bond acceptors (Lipinski definition) is 0. The van der Waals surface area contributed by atoms with Gasteiger partial charge in [-0.05, 0) is 50.6 Å². The quantitative estimate of drug-likeness (QED) is 0.414. The fourth-order valence-corrected chi connectivity index (χ4v) is 3.64. The van der Waals surface area contributed by atoms with E-state index in [-0.39, 0.29) is 0 Å². The van der Waals surface area contributed by atoms with Gasteiger partial charge in [0.25, 0.3) is 0 Å². The van der Waals surface area contributed by atoms with E-state index in [1.807, 2.05) is 0 Å². The van der Waals surface area contributed by atoms with Crippen molar-refractivity contribution in [1.82, 2.24) is 0 Å². The fraction of sp³-hybridized carbons (Fsp3) is 0.0526. The molecule has 3 aromatic carbocycles. The third-order valence-electron chi connectivity index (χ3n) is 4.43. The Kier molecular flexibility index (Phi) is 1.59. The lowest BCUT2D eigenvalue weighted by molar-refractivity contribution is 1.28. The first kappa shape index (κ1) is 9.57. The molecule has 0 saturated heterocycles. The second kappa shape index (κ2) is 3.16. The molecule has 0 aromatic heterocycles. The van der Waals surface area contributed by atoms with Crippen molar-refractivity contribution in [2.24, 2.45) is 0 Å². The summed E-state index contributed by atoms with van der Waals surface area (Å²) in [6.07, 6.45) is 3.45. The molecule has 0 atom stereocenters. The van der Waals surface area contributed by atoms with Gasteiger partial charge in [-0.1, -0.05) is 60.7 Å². The first-order valence-electron chi connectivity index (χ1n) is 6.78. The summed E-state index contributed by atoms with van der Waals surface area (Å²) in [5.41, 5.74) is 8.56. The Morgan fingerprint density at radius 2 is 1.58 bits per heavy atom. The highest BCUT2D eigenvalue weighted by atomic mass is 14.3. The molecule has 2 aliphatic carbocycles. The van der Waals surface area contributed by atoms with E-state index in [9.17, 15) is 0 Å². The molecule has 0 bridgehead atoms. The van der Waals surface area contributed by atoms with Crippen LogP contribution in [0.4, 0.5) is 0 Å². The summed E-state index contributed by atoms with van der Waals surface area (Å²) in [6, 6.07) is 20.0. The lowest BCUT2D eigenvalue weighted by Crippen LogP contribution is -1.96. The Balaban J connectivity index is 2.05. The summed E-state index contributed by atoms with van der Waals surface area (Å²) in [7, 11) is 0. The van der Waals surface area contributed by atoms with Crippen LogP contribution in [0.3, 0.4) is 0 Å². The van der Waals surface area contributed by atoms with Gasteiger partial charge in [-0.15, -0.1) is 0 Å². The van der Waals surface area contributed by atoms with Crippen LogP contribution in [0.5, 0.6) is 0 Å². The summed E-state index contributed by atoms with van der Waals surface area (Å²) < 4.78 is 0. The molecule has 0 aliphatic heterocycles. The van der Waals surface area contributed by atoms with Crippen molar-refractivity contribution in [3.05, 3.63) is 77.4 Å². The summed E-state index contributed by atoms with van der Waals surface area (Å²) in [4.78, 5) is 0. The molecule has 0 fully saturated rings. The average Bonchev–Trinajstić information content (AvgIpc) is 2.81. The molecule has 3 aromatic rings. The van der Waals surface area contributed by atoms with E-state index < -0.39 is 0 Å². The van der Waals surface area contributed by atoms with E-state index in [0.717, 1.165) is 6.42 Å². The largest absolute Gasteiger partial charge is 0.0716 e. The van der Waals surface area contributed by atoms with E-state index in [1.54, 1.807) is 0 Å². The zero-order valence-corrected chi connectivity index (χ0v) is 10.5. The molecule has 0 heterocycles. The van der Waals surface area contributed by atoms with Gasteiger partial charge in [0, 0.05) is 0 Å². The molecule has 19 heavy (non-hydrogen) atoms. The van der Waals surface area contributed by atoms with Gasteiger partial charge in [0.2, 0.25) is 0 Å². The normalized spacial score (nSPS) is 14.4. The van der Waals surface area contributed by atoms with Gasteiger partial charge in [0.1, 0.15) is 0 Å². The monoisotopic (exact) mass is 240 g/mol. The number of benzene rings is 3. The van der Waals surface area contributed by atoms with Gasteiger partial charge in [-0.25, -0.2) is 0 Å². The second-order valence-corrected chi connectivity index (χ2v) is 5.37. The van der Waals surface area contributed by atoms with Crippen LogP contribution < -0.4 is 0 Å². The van der Waals surface area contributed by atoms with Crippen LogP contribution in [0.1, 0.15) is 16.7 Å². The number of hydrogen-bond donors (Lipinski definition) is 0. The van der Waals surface area contributed by atoms with Crippen LogP contribution in [0.15, 0.2) is 60.7 Å². The van der Waals surface area contributed by atoms with E-state index in [0.29, 0.717) is 0 Å². The Bertz CT molecular complexity index is 882. The summed E-state index contributed by atoms with van der Waals surface area (Å²) in [5.74, 6) is 0. The summed E-state index contributed by atoms with van der Waals surface area (Å²) in [6.45, 7) is 0. The minimum atomic E-state index is 1.05. The van der Waals surface area contributed by atoms with Crippen molar-refractivity contribution in [3.8, 4) is 11.1 Å².